The van der Waals surface area contributed by atoms with E-state index >= 15 is 0 Å². The lowest BCUT2D eigenvalue weighted by molar-refractivity contribution is -0.127. The number of carbonyl (C=O) groups is 2. The number of piperidine rings is 1. The van der Waals surface area contributed by atoms with Crippen LogP contribution in [0, 0.1) is 0 Å². The van der Waals surface area contributed by atoms with E-state index < -0.39 is 0 Å². The number of ether oxygens (including phenoxy) is 2. The molecule has 1 fully saturated rings. The average Bonchev–Trinajstić information content (AvgIpc) is 3.40. The number of aromatic nitrogens is 4. The van der Waals surface area contributed by atoms with Crippen molar-refractivity contribution in [1.29, 1.82) is 0 Å². The summed E-state index contributed by atoms with van der Waals surface area (Å²) in [6.45, 7) is 4.84. The number of methoxy groups -OCH3 is 2. The smallest absolute Gasteiger partial charge is 0.246 e. The Balaban J connectivity index is 1.37. The predicted octanol–water partition coefficient (Wildman–Crippen LogP) is 4.26. The standard InChI is InChI=1S/C30H32N6O4/c1-4-26(38)35-13-5-6-22(17-35)36-30-27(29(31)32-18-33-30)28(34-36)20-10-7-19(8-11-20)9-12-25(37)21-14-23(39-2)16-24(15-21)40-3/h4,7-8,10-11,14-16,18,22H,1,5-6,9,12-13,17H2,2-3H3,(H2,31,32,33)/t22-/m1/s1. The van der Waals surface area contributed by atoms with Gasteiger partial charge in [-0.05, 0) is 43.0 Å². The van der Waals surface area contributed by atoms with Gasteiger partial charge in [-0.3, -0.25) is 9.59 Å². The lowest BCUT2D eigenvalue weighted by atomic mass is 10.0. The molecule has 1 atom stereocenters. The normalized spacial score (nSPS) is 15.2. The van der Waals surface area contributed by atoms with E-state index in [2.05, 4.69) is 16.5 Å². The molecule has 0 spiro atoms. The van der Waals surface area contributed by atoms with Gasteiger partial charge >= 0.3 is 0 Å². The highest BCUT2D eigenvalue weighted by molar-refractivity contribution is 5.98. The Morgan fingerprint density at radius 3 is 2.50 bits per heavy atom. The monoisotopic (exact) mass is 540 g/mol. The molecule has 40 heavy (non-hydrogen) atoms. The Kier molecular flexibility index (Phi) is 7.77. The Labute approximate surface area is 232 Å². The van der Waals surface area contributed by atoms with Crippen LogP contribution in [0.4, 0.5) is 5.82 Å². The number of ketones is 1. The third-order valence-corrected chi connectivity index (χ3v) is 7.29. The van der Waals surface area contributed by atoms with Crippen molar-refractivity contribution >= 4 is 28.5 Å². The molecule has 1 amide bonds. The minimum Gasteiger partial charge on any atom is -0.497 e. The number of hydrogen-bond acceptors (Lipinski definition) is 8. The molecule has 2 aromatic carbocycles. The Morgan fingerprint density at radius 2 is 1.82 bits per heavy atom. The number of aryl methyl sites for hydroxylation is 1. The number of likely N-dealkylation sites (tertiary alicyclic amines) is 1. The van der Waals surface area contributed by atoms with Crippen LogP contribution in [0.3, 0.4) is 0 Å². The van der Waals surface area contributed by atoms with E-state index in [1.54, 1.807) is 37.3 Å². The first-order valence-corrected chi connectivity index (χ1v) is 13.2. The maximum absolute atomic E-state index is 12.9. The number of anilines is 1. The third-order valence-electron chi connectivity index (χ3n) is 7.29. The van der Waals surface area contributed by atoms with E-state index in [0.717, 1.165) is 24.0 Å². The van der Waals surface area contributed by atoms with Crippen molar-refractivity contribution in [2.45, 2.75) is 31.7 Å². The fraction of sp³-hybridized carbons (Fsp3) is 0.300. The lowest BCUT2D eigenvalue weighted by Crippen LogP contribution is -2.40. The number of nitrogens with two attached hydrogens (primary N) is 1. The van der Waals surface area contributed by atoms with Crippen LogP contribution in [0.25, 0.3) is 22.3 Å². The first-order chi connectivity index (χ1) is 19.4. The van der Waals surface area contributed by atoms with Gasteiger partial charge < -0.3 is 20.1 Å². The molecule has 10 heteroatoms. The molecular formula is C30H32N6O4. The van der Waals surface area contributed by atoms with Crippen LogP contribution in [0.1, 0.15) is 41.2 Å². The Morgan fingerprint density at radius 1 is 1.10 bits per heavy atom. The SMILES string of the molecule is C=CC(=O)N1CCC[C@@H](n2nc(-c3ccc(CCC(=O)c4cc(OC)cc(OC)c4)cc3)c3c(N)ncnc32)C1. The molecule has 1 saturated heterocycles. The molecule has 0 unspecified atom stereocenters. The lowest BCUT2D eigenvalue weighted by Gasteiger charge is -2.32. The summed E-state index contributed by atoms with van der Waals surface area (Å²) in [6.07, 6.45) is 5.43. The zero-order chi connectivity index (χ0) is 28.2. The van der Waals surface area contributed by atoms with Gasteiger partial charge in [0, 0.05) is 36.7 Å². The Hall–Kier alpha value is -4.73. The summed E-state index contributed by atoms with van der Waals surface area (Å²) in [6, 6.07) is 13.1. The van der Waals surface area contributed by atoms with Gasteiger partial charge in [-0.15, -0.1) is 0 Å². The molecule has 2 aromatic heterocycles. The minimum atomic E-state index is -0.0878. The van der Waals surface area contributed by atoms with Gasteiger partial charge in [0.2, 0.25) is 5.91 Å². The number of fused-ring (bicyclic) bond motifs is 1. The largest absolute Gasteiger partial charge is 0.497 e. The molecule has 0 aliphatic carbocycles. The number of benzene rings is 2. The maximum Gasteiger partial charge on any atom is 0.246 e. The Bertz CT molecular complexity index is 1540. The van der Waals surface area contributed by atoms with Gasteiger partial charge in [-0.2, -0.15) is 5.10 Å². The first-order valence-electron chi connectivity index (χ1n) is 13.2. The van der Waals surface area contributed by atoms with E-state index in [0.29, 0.717) is 65.5 Å². The van der Waals surface area contributed by atoms with Gasteiger partial charge in [-0.1, -0.05) is 30.8 Å². The fourth-order valence-corrected chi connectivity index (χ4v) is 5.14. The molecule has 0 radical (unpaired) electrons. The van der Waals surface area contributed by atoms with Gasteiger partial charge in [-0.25, -0.2) is 14.6 Å². The van der Waals surface area contributed by atoms with Crippen LogP contribution in [0.5, 0.6) is 11.5 Å². The quantitative estimate of drug-likeness (QED) is 0.247. The number of amides is 1. The molecule has 2 N–H and O–H groups in total. The van der Waals surface area contributed by atoms with Gasteiger partial charge in [0.1, 0.15) is 29.3 Å². The number of nitrogen functional groups attached to an aromatic ring is 1. The summed E-state index contributed by atoms with van der Waals surface area (Å²) in [4.78, 5) is 35.6. The van der Waals surface area contributed by atoms with Crippen molar-refractivity contribution < 1.29 is 19.1 Å². The molecule has 206 valence electrons. The molecule has 1 aliphatic heterocycles. The van der Waals surface area contributed by atoms with Crippen LogP contribution < -0.4 is 15.2 Å². The van der Waals surface area contributed by atoms with Gasteiger partial charge in [0.25, 0.3) is 0 Å². The van der Waals surface area contributed by atoms with Crippen molar-refractivity contribution in [3.63, 3.8) is 0 Å². The predicted molar refractivity (Wildman–Crippen MR) is 152 cm³/mol. The summed E-state index contributed by atoms with van der Waals surface area (Å²) in [7, 11) is 3.12. The molecule has 0 bridgehead atoms. The zero-order valence-electron chi connectivity index (χ0n) is 22.7. The highest BCUT2D eigenvalue weighted by atomic mass is 16.5. The van der Waals surface area contributed by atoms with Crippen LogP contribution in [-0.2, 0) is 11.2 Å². The molecule has 10 nitrogen and oxygen atoms in total. The summed E-state index contributed by atoms with van der Waals surface area (Å²) in [5.74, 6) is 1.43. The van der Waals surface area contributed by atoms with Gasteiger partial charge in [0.05, 0.1) is 25.6 Å². The number of hydrogen-bond donors (Lipinski definition) is 1. The summed E-state index contributed by atoms with van der Waals surface area (Å²) < 4.78 is 12.4. The van der Waals surface area contributed by atoms with Crippen molar-refractivity contribution in [1.82, 2.24) is 24.6 Å². The van der Waals surface area contributed by atoms with Gasteiger partial charge in [0.15, 0.2) is 11.4 Å². The van der Waals surface area contributed by atoms with Crippen molar-refractivity contribution in [2.75, 3.05) is 33.0 Å². The number of rotatable bonds is 9. The van der Waals surface area contributed by atoms with Crippen LogP contribution in [0.2, 0.25) is 0 Å². The summed E-state index contributed by atoms with van der Waals surface area (Å²) in [5, 5.41) is 5.62. The summed E-state index contributed by atoms with van der Waals surface area (Å²) in [5.41, 5.74) is 10.1. The number of Topliss-reactive ketones (excluding diaryl/α,β-unsaturated/α-hetero) is 1. The minimum absolute atomic E-state index is 0.00685. The van der Waals surface area contributed by atoms with Crippen molar-refractivity contribution in [3.8, 4) is 22.8 Å². The zero-order valence-corrected chi connectivity index (χ0v) is 22.7. The maximum atomic E-state index is 12.9. The number of nitrogens with zero attached hydrogens (tertiary/aromatic N) is 5. The fourth-order valence-electron chi connectivity index (χ4n) is 5.14. The molecule has 1 aliphatic rings. The van der Waals surface area contributed by atoms with Crippen molar-refractivity contribution in [2.24, 2.45) is 0 Å². The molecule has 5 rings (SSSR count). The summed E-state index contributed by atoms with van der Waals surface area (Å²) >= 11 is 0. The second kappa shape index (κ2) is 11.6. The van der Waals surface area contributed by atoms with E-state index in [4.69, 9.17) is 20.3 Å². The van der Waals surface area contributed by atoms with Crippen LogP contribution >= 0.6 is 0 Å². The van der Waals surface area contributed by atoms with E-state index in [-0.39, 0.29) is 17.7 Å². The van der Waals surface area contributed by atoms with Crippen molar-refractivity contribution in [3.05, 3.63) is 72.6 Å². The molecule has 4 aromatic rings. The van der Waals surface area contributed by atoms with E-state index in [1.165, 1.54) is 12.4 Å². The average molecular weight is 541 g/mol. The number of carbonyl (C=O) groups excluding carboxylic acids is 2. The second-order valence-corrected chi connectivity index (χ2v) is 9.76. The highest BCUT2D eigenvalue weighted by Gasteiger charge is 2.28. The topological polar surface area (TPSA) is 125 Å². The van der Waals surface area contributed by atoms with E-state index in [9.17, 15) is 9.59 Å². The molecular weight excluding hydrogens is 508 g/mol. The first kappa shape index (κ1) is 26.9. The molecule has 3 heterocycles. The van der Waals surface area contributed by atoms with Crippen LogP contribution in [-0.4, -0.2) is 63.6 Å². The second-order valence-electron chi connectivity index (χ2n) is 9.76. The van der Waals surface area contributed by atoms with E-state index in [1.807, 2.05) is 28.9 Å². The van der Waals surface area contributed by atoms with Crippen LogP contribution in [0.15, 0.2) is 61.4 Å². The highest BCUT2D eigenvalue weighted by Crippen LogP contribution is 2.34. The molecule has 0 saturated carbocycles. The third kappa shape index (κ3) is 5.38.